The second kappa shape index (κ2) is 3.24. The van der Waals surface area contributed by atoms with E-state index in [0.717, 1.165) is 0 Å². The van der Waals surface area contributed by atoms with Crippen LogP contribution in [-0.4, -0.2) is 20.7 Å². The van der Waals surface area contributed by atoms with Crippen LogP contribution in [0.2, 0.25) is 0 Å². The van der Waals surface area contributed by atoms with Gasteiger partial charge in [0, 0.05) is 6.54 Å². The van der Waals surface area contributed by atoms with E-state index in [1.54, 1.807) is 0 Å². The molecule has 0 aromatic heterocycles. The Morgan fingerprint density at radius 2 is 2.12 bits per heavy atom. The molecule has 0 aliphatic heterocycles. The highest BCUT2D eigenvalue weighted by molar-refractivity contribution is 7.87. The van der Waals surface area contributed by atoms with Crippen molar-refractivity contribution in [1.82, 2.24) is 0 Å². The van der Waals surface area contributed by atoms with Gasteiger partial charge in [0.25, 0.3) is 10.1 Å². The SMILES string of the molecule is NCCS(=O)(=O)OCl. The van der Waals surface area contributed by atoms with Crippen molar-refractivity contribution in [2.24, 2.45) is 5.73 Å². The predicted octanol–water partition coefficient (Wildman–Crippen LogP) is -0.555. The van der Waals surface area contributed by atoms with Crippen molar-refractivity contribution in [3.63, 3.8) is 0 Å². The van der Waals surface area contributed by atoms with Crippen LogP contribution < -0.4 is 5.73 Å². The zero-order valence-corrected chi connectivity index (χ0v) is 5.57. The third kappa shape index (κ3) is 3.20. The van der Waals surface area contributed by atoms with Crippen molar-refractivity contribution in [2.45, 2.75) is 0 Å². The lowest BCUT2D eigenvalue weighted by Crippen LogP contribution is -2.14. The maximum atomic E-state index is 10.2. The largest absolute Gasteiger partial charge is 0.329 e. The topological polar surface area (TPSA) is 69.4 Å². The second-order valence-electron chi connectivity index (χ2n) is 1.11. The Kier molecular flexibility index (Phi) is 3.30. The van der Waals surface area contributed by atoms with Crippen LogP contribution in [0, 0.1) is 0 Å². The molecule has 0 saturated heterocycles. The molecule has 0 heterocycles. The molecular formula is C2H6ClNO3S. The number of hydrogen-bond acceptors (Lipinski definition) is 4. The van der Waals surface area contributed by atoms with Crippen molar-refractivity contribution in [1.29, 1.82) is 0 Å². The smallest absolute Gasteiger partial charge is 0.284 e. The molecule has 0 aliphatic carbocycles. The van der Waals surface area contributed by atoms with Crippen LogP contribution >= 0.6 is 11.9 Å². The predicted molar refractivity (Wildman–Crippen MR) is 29.8 cm³/mol. The number of rotatable bonds is 3. The van der Waals surface area contributed by atoms with Crippen molar-refractivity contribution in [2.75, 3.05) is 12.3 Å². The molecule has 0 bridgehead atoms. The Balaban J connectivity index is 3.76. The van der Waals surface area contributed by atoms with Gasteiger partial charge in [-0.05, 0) is 0 Å². The van der Waals surface area contributed by atoms with Gasteiger partial charge in [-0.25, -0.2) is 0 Å². The van der Waals surface area contributed by atoms with Crippen molar-refractivity contribution in [3.05, 3.63) is 0 Å². The van der Waals surface area contributed by atoms with Gasteiger partial charge in [0.15, 0.2) is 0 Å². The molecule has 0 radical (unpaired) electrons. The molecule has 0 unspecified atom stereocenters. The molecule has 0 atom stereocenters. The minimum absolute atomic E-state index is 0.0229. The van der Waals surface area contributed by atoms with E-state index in [1.165, 1.54) is 0 Å². The van der Waals surface area contributed by atoms with E-state index in [2.05, 4.69) is 15.6 Å². The minimum atomic E-state index is -3.53. The Hall–Kier alpha value is 0.160. The molecule has 0 saturated carbocycles. The molecule has 0 amide bonds. The number of halogens is 1. The van der Waals surface area contributed by atoms with Gasteiger partial charge < -0.3 is 5.73 Å². The fraction of sp³-hybridized carbons (Fsp3) is 1.00. The van der Waals surface area contributed by atoms with E-state index in [9.17, 15) is 8.42 Å². The zero-order valence-electron chi connectivity index (χ0n) is 4.00. The first-order chi connectivity index (χ1) is 3.62. The summed E-state index contributed by atoms with van der Waals surface area (Å²) in [5, 5.41) is 0. The van der Waals surface area contributed by atoms with Gasteiger partial charge in [0.1, 0.15) is 0 Å². The van der Waals surface area contributed by atoms with Gasteiger partial charge in [-0.1, -0.05) is 0 Å². The summed E-state index contributed by atoms with van der Waals surface area (Å²) in [6.07, 6.45) is 0. The summed E-state index contributed by atoms with van der Waals surface area (Å²) < 4.78 is 23.9. The third-order valence-electron chi connectivity index (χ3n) is 0.464. The number of nitrogens with two attached hydrogens (primary N) is 1. The van der Waals surface area contributed by atoms with Gasteiger partial charge >= 0.3 is 0 Å². The first-order valence-corrected chi connectivity index (χ1v) is 3.74. The lowest BCUT2D eigenvalue weighted by atomic mass is 10.8. The Bertz CT molecular complexity index is 141. The van der Waals surface area contributed by atoms with Crippen LogP contribution in [0.5, 0.6) is 0 Å². The minimum Gasteiger partial charge on any atom is -0.329 e. The molecule has 0 aliphatic rings. The van der Waals surface area contributed by atoms with Crippen LogP contribution in [0.1, 0.15) is 0 Å². The first kappa shape index (κ1) is 8.16. The van der Waals surface area contributed by atoms with Crippen LogP contribution in [0.3, 0.4) is 0 Å². The van der Waals surface area contributed by atoms with E-state index in [4.69, 9.17) is 5.73 Å². The normalized spacial score (nSPS) is 11.8. The van der Waals surface area contributed by atoms with E-state index in [0.29, 0.717) is 0 Å². The van der Waals surface area contributed by atoms with Crippen LogP contribution in [0.15, 0.2) is 0 Å². The summed E-state index contributed by atoms with van der Waals surface area (Å²) in [5.41, 5.74) is 4.87. The number of hydrogen-bond donors (Lipinski definition) is 1. The lowest BCUT2D eigenvalue weighted by Gasteiger charge is -1.91. The van der Waals surface area contributed by atoms with Gasteiger partial charge in [0.2, 0.25) is 0 Å². The summed E-state index contributed by atoms with van der Waals surface area (Å²) in [7, 11) is -3.53. The Morgan fingerprint density at radius 1 is 1.62 bits per heavy atom. The Morgan fingerprint density at radius 3 is 2.25 bits per heavy atom. The highest BCUT2D eigenvalue weighted by Gasteiger charge is 2.06. The first-order valence-electron chi connectivity index (χ1n) is 1.85. The molecule has 0 fully saturated rings. The fourth-order valence-corrected chi connectivity index (χ4v) is 0.716. The van der Waals surface area contributed by atoms with Gasteiger partial charge in [-0.15, -0.1) is 0 Å². The summed E-state index contributed by atoms with van der Waals surface area (Å²) >= 11 is 4.53. The van der Waals surface area contributed by atoms with E-state index in [1.807, 2.05) is 0 Å². The summed E-state index contributed by atoms with van der Waals surface area (Å²) in [5.74, 6) is -0.240. The maximum absolute atomic E-state index is 10.2. The van der Waals surface area contributed by atoms with Gasteiger partial charge in [0.05, 0.1) is 17.6 Å². The lowest BCUT2D eigenvalue weighted by molar-refractivity contribution is 0.509. The summed E-state index contributed by atoms with van der Waals surface area (Å²) in [4.78, 5) is 0. The van der Waals surface area contributed by atoms with Gasteiger partial charge in [-0.3, -0.25) is 0 Å². The third-order valence-corrected chi connectivity index (χ3v) is 1.97. The van der Waals surface area contributed by atoms with E-state index < -0.39 is 10.1 Å². The molecule has 8 heavy (non-hydrogen) atoms. The molecule has 4 nitrogen and oxygen atoms in total. The van der Waals surface area contributed by atoms with Crippen molar-refractivity contribution in [3.8, 4) is 0 Å². The molecule has 0 aromatic rings. The monoisotopic (exact) mass is 159 g/mol. The van der Waals surface area contributed by atoms with E-state index >= 15 is 0 Å². The zero-order chi connectivity index (χ0) is 6.62. The molecule has 50 valence electrons. The van der Waals surface area contributed by atoms with Crippen molar-refractivity contribution >= 4 is 22.0 Å². The molecule has 2 N–H and O–H groups in total. The Labute approximate surface area is 52.9 Å². The average Bonchev–Trinajstić information content (AvgIpc) is 1.67. The standard InChI is InChI=1S/C2H6ClNO3S/c3-7-8(5,6)2-1-4/h1-2,4H2. The van der Waals surface area contributed by atoms with Crippen molar-refractivity contribution < 1.29 is 12.2 Å². The highest BCUT2D eigenvalue weighted by atomic mass is 35.5. The van der Waals surface area contributed by atoms with Gasteiger partial charge in [-0.2, -0.15) is 12.2 Å². The average molecular weight is 160 g/mol. The highest BCUT2D eigenvalue weighted by Crippen LogP contribution is 1.93. The van der Waals surface area contributed by atoms with Crippen LogP contribution in [0.25, 0.3) is 0 Å². The molecule has 0 rings (SSSR count). The molecular weight excluding hydrogens is 154 g/mol. The quantitative estimate of drug-likeness (QED) is 0.600. The molecule has 0 aromatic carbocycles. The van der Waals surface area contributed by atoms with Crippen LogP contribution in [0.4, 0.5) is 0 Å². The summed E-state index contributed by atoms with van der Waals surface area (Å²) in [6.45, 7) is 0.0229. The fourth-order valence-electron chi connectivity index (χ4n) is 0.176. The summed E-state index contributed by atoms with van der Waals surface area (Å²) in [6, 6.07) is 0. The molecule has 0 spiro atoms. The second-order valence-corrected chi connectivity index (χ2v) is 3.14. The van der Waals surface area contributed by atoms with E-state index in [-0.39, 0.29) is 12.3 Å². The van der Waals surface area contributed by atoms with Crippen LogP contribution in [-0.2, 0) is 13.9 Å². The maximum Gasteiger partial charge on any atom is 0.284 e. The molecule has 6 heteroatoms.